The molecule has 0 aliphatic carbocycles. The van der Waals surface area contributed by atoms with Gasteiger partial charge in [0.15, 0.2) is 0 Å². The molecule has 0 saturated carbocycles. The maximum Gasteiger partial charge on any atom is 0.242 e. The molecule has 31 heteroatoms. The number of hydrogen-bond donors (Lipinski definition) is 4. The van der Waals surface area contributed by atoms with Gasteiger partial charge in [-0.05, 0) is 84.5 Å². The summed E-state index contributed by atoms with van der Waals surface area (Å²) in [6, 6.07) is 0. The van der Waals surface area contributed by atoms with Crippen molar-refractivity contribution in [1.29, 1.82) is 0 Å². The van der Waals surface area contributed by atoms with Crippen LogP contribution in [0, 0.1) is 0 Å². The summed E-state index contributed by atoms with van der Waals surface area (Å²) in [6.07, 6.45) is 3.70. The predicted octanol–water partition coefficient (Wildman–Crippen LogP) is -4.28. The average molecular weight is 1260 g/mol. The van der Waals surface area contributed by atoms with E-state index in [1.54, 1.807) is 0 Å². The van der Waals surface area contributed by atoms with Crippen molar-refractivity contribution in [1.82, 2.24) is 49.0 Å². The van der Waals surface area contributed by atoms with Gasteiger partial charge >= 0.3 is 0 Å². The smallest absolute Gasteiger partial charge is 0.242 e. The van der Waals surface area contributed by atoms with Crippen LogP contribution in [0.4, 0.5) is 0 Å². The van der Waals surface area contributed by atoms with Crippen LogP contribution in [0.5, 0.6) is 0 Å². The molecule has 0 unspecified atom stereocenters. The first kappa shape index (κ1) is 82.0. The molecule has 508 valence electrons. The van der Waals surface area contributed by atoms with Gasteiger partial charge in [0.05, 0.1) is 105 Å². The molecule has 0 spiro atoms. The molecule has 0 atom stereocenters. The lowest BCUT2D eigenvalue weighted by molar-refractivity contribution is -0.149. The summed E-state index contributed by atoms with van der Waals surface area (Å²) in [5, 5.41) is 0. The van der Waals surface area contributed by atoms with E-state index in [1.807, 2.05) is 0 Å². The van der Waals surface area contributed by atoms with Crippen molar-refractivity contribution in [2.45, 2.75) is 65.2 Å². The minimum Gasteiger partial charge on any atom is -0.383 e. The fourth-order valence-electron chi connectivity index (χ4n) is 8.61. The quantitative estimate of drug-likeness (QED) is 0.0419. The monoisotopic (exact) mass is 1260 g/mol. The molecular formula is C57H108N14O17. The van der Waals surface area contributed by atoms with Gasteiger partial charge in [-0.2, -0.15) is 0 Å². The highest BCUT2D eigenvalue weighted by Crippen LogP contribution is 2.10. The van der Waals surface area contributed by atoms with E-state index >= 15 is 0 Å². The Balaban J connectivity index is 6.94. The van der Waals surface area contributed by atoms with Gasteiger partial charge in [-0.15, -0.1) is 0 Å². The molecule has 0 saturated heterocycles. The molecular weight excluding hydrogens is 1150 g/mol. The van der Waals surface area contributed by atoms with Crippen LogP contribution in [0.3, 0.4) is 0 Å². The molecule has 88 heavy (non-hydrogen) atoms. The summed E-state index contributed by atoms with van der Waals surface area (Å²) >= 11 is 0. The number of carbonyl (C=O) groups excluding carboxylic acids is 11. The zero-order valence-corrected chi connectivity index (χ0v) is 54.1. The molecule has 0 aromatic carbocycles. The normalized spacial score (nSPS) is 11.0. The third kappa shape index (κ3) is 35.8. The molecule has 0 aromatic heterocycles. The van der Waals surface area contributed by atoms with Crippen LogP contribution in [0.25, 0.3) is 0 Å². The van der Waals surface area contributed by atoms with Crippen molar-refractivity contribution in [2.75, 3.05) is 239 Å². The van der Waals surface area contributed by atoms with Crippen molar-refractivity contribution in [3.8, 4) is 0 Å². The molecule has 0 radical (unpaired) electrons. The number of carbonyl (C=O) groups is 11. The number of nitrogens with two attached hydrogens (primary N) is 4. The van der Waals surface area contributed by atoms with E-state index in [1.165, 1.54) is 106 Å². The highest BCUT2D eigenvalue weighted by molar-refractivity contribution is 5.94. The third-order valence-electron chi connectivity index (χ3n) is 13.9. The number of nitrogens with zero attached hydrogens (tertiary/aromatic N) is 10. The van der Waals surface area contributed by atoms with Gasteiger partial charge in [0.2, 0.25) is 59.1 Å². The van der Waals surface area contributed by atoms with Crippen molar-refractivity contribution < 1.29 is 81.2 Å². The first-order valence-corrected chi connectivity index (χ1v) is 30.2. The van der Waals surface area contributed by atoms with Crippen molar-refractivity contribution in [2.24, 2.45) is 22.9 Å². The molecule has 0 aromatic rings. The van der Waals surface area contributed by atoms with Gasteiger partial charge in [-0.25, -0.2) is 0 Å². The first-order chi connectivity index (χ1) is 42.2. The van der Waals surface area contributed by atoms with Gasteiger partial charge in [-0.1, -0.05) is 0 Å². The van der Waals surface area contributed by atoms with Crippen LogP contribution in [0.2, 0.25) is 0 Å². The summed E-state index contributed by atoms with van der Waals surface area (Å²) in [6.45, 7) is -0.103. The molecule has 10 amide bonds. The number of methoxy groups -OCH3 is 6. The minimum atomic E-state index is -0.684. The van der Waals surface area contributed by atoms with Crippen LogP contribution >= 0.6 is 0 Å². The molecule has 0 bridgehead atoms. The summed E-state index contributed by atoms with van der Waals surface area (Å²) < 4.78 is 31.4. The molecule has 0 aliphatic rings. The number of Topliss-reactive ketones (excluding diaryl/α,β-unsaturated/α-hetero) is 1. The Bertz CT molecular complexity index is 2070. The van der Waals surface area contributed by atoms with Crippen LogP contribution in [0.15, 0.2) is 0 Å². The first-order valence-electron chi connectivity index (χ1n) is 30.2. The van der Waals surface area contributed by atoms with E-state index in [9.17, 15) is 52.7 Å². The Hall–Kier alpha value is -6.03. The van der Waals surface area contributed by atoms with E-state index < -0.39 is 99.0 Å². The SMILES string of the molecule is COCCN(CC(=O)N(CCCCN)CC(=O)N(CCOC)CC(=O)N(CCCCN)CC(=O)N(CCOC)CC(=O)N(CCOC)CC(=O)N(CCCCN)CC(=O)N(CCOC)CC(=O)N(CCCCN)CC(=O)N(CCOC)CC(C)=O)C(C)=O. The molecule has 0 rings (SSSR count). The number of amides is 10. The van der Waals surface area contributed by atoms with E-state index in [2.05, 4.69) is 0 Å². The van der Waals surface area contributed by atoms with E-state index in [4.69, 9.17) is 51.4 Å². The average Bonchev–Trinajstić information content (AvgIpc) is 3.56. The largest absolute Gasteiger partial charge is 0.383 e. The van der Waals surface area contributed by atoms with Crippen LogP contribution in [0.1, 0.15) is 65.2 Å². The second-order valence-electron chi connectivity index (χ2n) is 20.9. The zero-order chi connectivity index (χ0) is 66.2. The van der Waals surface area contributed by atoms with Gasteiger partial charge in [0.1, 0.15) is 5.78 Å². The summed E-state index contributed by atoms with van der Waals surface area (Å²) in [5.74, 6) is -6.06. The maximum absolute atomic E-state index is 14.5. The third-order valence-corrected chi connectivity index (χ3v) is 13.9. The Kier molecular flexibility index (Phi) is 47.3. The lowest BCUT2D eigenvalue weighted by Crippen LogP contribution is -2.53. The van der Waals surface area contributed by atoms with Gasteiger partial charge in [-0.3, -0.25) is 52.7 Å². The number of ether oxygens (including phenoxy) is 6. The molecule has 0 heterocycles. The van der Waals surface area contributed by atoms with Crippen LogP contribution in [-0.4, -0.2) is 353 Å². The van der Waals surface area contributed by atoms with E-state index in [-0.39, 0.29) is 150 Å². The van der Waals surface area contributed by atoms with Crippen molar-refractivity contribution in [3.05, 3.63) is 0 Å². The molecule has 8 N–H and O–H groups in total. The fourth-order valence-corrected chi connectivity index (χ4v) is 8.61. The van der Waals surface area contributed by atoms with Crippen molar-refractivity contribution >= 4 is 64.9 Å². The van der Waals surface area contributed by atoms with E-state index in [0.717, 1.165) is 0 Å². The highest BCUT2D eigenvalue weighted by atomic mass is 16.5. The molecule has 0 fully saturated rings. The van der Waals surface area contributed by atoms with Crippen LogP contribution < -0.4 is 22.9 Å². The summed E-state index contributed by atoms with van der Waals surface area (Å²) in [7, 11) is 8.57. The van der Waals surface area contributed by atoms with Gasteiger partial charge in [0.25, 0.3) is 0 Å². The van der Waals surface area contributed by atoms with Gasteiger partial charge < -0.3 is 100 Å². The highest BCUT2D eigenvalue weighted by Gasteiger charge is 2.32. The zero-order valence-electron chi connectivity index (χ0n) is 54.1. The number of unbranched alkanes of at least 4 members (excludes halogenated alkanes) is 4. The van der Waals surface area contributed by atoms with Crippen molar-refractivity contribution in [3.63, 3.8) is 0 Å². The Morgan fingerprint density at radius 2 is 0.398 bits per heavy atom. The van der Waals surface area contributed by atoms with E-state index in [0.29, 0.717) is 64.5 Å². The minimum absolute atomic E-state index is 0.0121. The Morgan fingerprint density at radius 3 is 0.557 bits per heavy atom. The topological polar surface area (TPSA) is 380 Å². The number of ketones is 1. The maximum atomic E-state index is 14.5. The standard InChI is InChI=1S/C57H108N14O17/c1-47(72)37-67(26-32-84-4)53(78)39-64(22-14-10-18-59)50(75)43-69(28-34-86-6)55(80)41-65(23-15-11-19-60)52(77)45-70(29-35-87-7)57(82)46-71(30-36-88-8)56(81)42-66(24-16-12-20-61)51(76)44-68(27-33-85-5)54(79)40-63(21-13-9-17-58)49(74)38-62(48(2)73)25-31-83-3/h9-46,58-61H2,1-8H3. The predicted molar refractivity (Wildman–Crippen MR) is 327 cm³/mol. The molecule has 31 nitrogen and oxygen atoms in total. The summed E-state index contributed by atoms with van der Waals surface area (Å²) in [4.78, 5) is 165. The second kappa shape index (κ2) is 50.8. The fraction of sp³-hybridized carbons (Fsp3) is 0.807. The lowest BCUT2D eigenvalue weighted by atomic mass is 10.2. The number of hydrogen-bond acceptors (Lipinski definition) is 21. The summed E-state index contributed by atoms with van der Waals surface area (Å²) in [5.41, 5.74) is 23.1. The Morgan fingerprint density at radius 1 is 0.239 bits per heavy atom. The Labute approximate surface area is 521 Å². The molecule has 0 aliphatic heterocycles. The van der Waals surface area contributed by atoms with Gasteiger partial charge in [0, 0.05) is 115 Å². The van der Waals surface area contributed by atoms with Crippen LogP contribution in [-0.2, 0) is 81.2 Å². The number of rotatable bonds is 54. The second-order valence-corrected chi connectivity index (χ2v) is 20.9. The lowest BCUT2D eigenvalue weighted by Gasteiger charge is -2.33.